The maximum Gasteiger partial charge on any atom is 0.261 e. The van der Waals surface area contributed by atoms with Crippen molar-refractivity contribution in [1.29, 1.82) is 0 Å². The van der Waals surface area contributed by atoms with E-state index in [1.54, 1.807) is 0 Å². The van der Waals surface area contributed by atoms with Gasteiger partial charge in [0, 0.05) is 10.7 Å². The number of rotatable bonds is 9. The van der Waals surface area contributed by atoms with Crippen molar-refractivity contribution >= 4 is 15.9 Å². The van der Waals surface area contributed by atoms with E-state index in [0.29, 0.717) is 6.61 Å². The molecule has 15 heavy (non-hydrogen) atoms. The van der Waals surface area contributed by atoms with Gasteiger partial charge >= 0.3 is 0 Å². The molecular formula is C11H21BrF2O. The van der Waals surface area contributed by atoms with Crippen LogP contribution in [-0.4, -0.2) is 25.0 Å². The predicted molar refractivity (Wildman–Crippen MR) is 62.9 cm³/mol. The Kier molecular flexibility index (Phi) is 8.62. The molecule has 0 amide bonds. The molecule has 1 nitrogen and oxygen atoms in total. The molecule has 0 aliphatic carbocycles. The van der Waals surface area contributed by atoms with Crippen molar-refractivity contribution < 1.29 is 13.5 Å². The van der Waals surface area contributed by atoms with E-state index in [-0.39, 0.29) is 5.41 Å². The van der Waals surface area contributed by atoms with Crippen molar-refractivity contribution in [1.82, 2.24) is 0 Å². The first kappa shape index (κ1) is 15.3. The van der Waals surface area contributed by atoms with Gasteiger partial charge in [0.1, 0.15) is 6.61 Å². The first-order valence-electron chi connectivity index (χ1n) is 5.52. The Morgan fingerprint density at radius 3 is 2.07 bits per heavy atom. The topological polar surface area (TPSA) is 9.23 Å². The highest BCUT2D eigenvalue weighted by Gasteiger charge is 2.27. The van der Waals surface area contributed by atoms with Gasteiger partial charge in [-0.1, -0.05) is 42.6 Å². The lowest BCUT2D eigenvalue weighted by molar-refractivity contribution is -0.0198. The highest BCUT2D eigenvalue weighted by molar-refractivity contribution is 9.09. The third-order valence-electron chi connectivity index (χ3n) is 2.50. The van der Waals surface area contributed by atoms with E-state index in [0.717, 1.165) is 31.0 Å². The molecule has 0 rings (SSSR count). The summed E-state index contributed by atoms with van der Waals surface area (Å²) in [5.41, 5.74) is 0.0401. The molecule has 92 valence electrons. The standard InChI is InChI=1S/C11H21BrF2O/c1-3-5-11(8-12,6-4-2)9-15-7-10(13)14/h10H,3-9H2,1-2H3. The van der Waals surface area contributed by atoms with Crippen LogP contribution in [0.5, 0.6) is 0 Å². The van der Waals surface area contributed by atoms with Crippen LogP contribution in [0, 0.1) is 5.41 Å². The fraction of sp³-hybridized carbons (Fsp3) is 1.00. The van der Waals surface area contributed by atoms with E-state index in [9.17, 15) is 8.78 Å². The molecule has 0 heterocycles. The van der Waals surface area contributed by atoms with E-state index in [1.807, 2.05) is 0 Å². The minimum atomic E-state index is -2.36. The Morgan fingerprint density at radius 2 is 1.73 bits per heavy atom. The summed E-state index contributed by atoms with van der Waals surface area (Å²) >= 11 is 3.47. The van der Waals surface area contributed by atoms with Crippen molar-refractivity contribution in [3.63, 3.8) is 0 Å². The van der Waals surface area contributed by atoms with Gasteiger partial charge in [-0.3, -0.25) is 0 Å². The van der Waals surface area contributed by atoms with Crippen molar-refractivity contribution in [2.45, 2.75) is 46.0 Å². The summed E-state index contributed by atoms with van der Waals surface area (Å²) < 4.78 is 29.0. The van der Waals surface area contributed by atoms with Crippen molar-refractivity contribution in [2.75, 3.05) is 18.5 Å². The van der Waals surface area contributed by atoms with E-state index in [4.69, 9.17) is 4.74 Å². The quantitative estimate of drug-likeness (QED) is 0.576. The zero-order valence-corrected chi connectivity index (χ0v) is 11.2. The lowest BCUT2D eigenvalue weighted by Gasteiger charge is -2.31. The van der Waals surface area contributed by atoms with E-state index >= 15 is 0 Å². The molecule has 0 aromatic heterocycles. The Bertz CT molecular complexity index is 148. The molecule has 0 fully saturated rings. The first-order chi connectivity index (χ1) is 7.10. The van der Waals surface area contributed by atoms with Crippen LogP contribution in [-0.2, 0) is 4.74 Å². The van der Waals surface area contributed by atoms with Crippen LogP contribution in [0.4, 0.5) is 8.78 Å². The lowest BCUT2D eigenvalue weighted by atomic mass is 9.82. The molecule has 0 bridgehead atoms. The van der Waals surface area contributed by atoms with Crippen LogP contribution < -0.4 is 0 Å². The second kappa shape index (κ2) is 8.45. The number of hydrogen-bond acceptors (Lipinski definition) is 1. The maximum atomic E-state index is 11.9. The fourth-order valence-electron chi connectivity index (χ4n) is 1.87. The van der Waals surface area contributed by atoms with Crippen LogP contribution in [0.1, 0.15) is 39.5 Å². The normalized spacial score (nSPS) is 12.4. The molecule has 4 heteroatoms. The Hall–Kier alpha value is 0.300. The third kappa shape index (κ3) is 6.46. The third-order valence-corrected chi connectivity index (χ3v) is 3.69. The predicted octanol–water partition coefficient (Wildman–Crippen LogP) is 4.25. The molecule has 0 aliphatic heterocycles. The highest BCUT2D eigenvalue weighted by atomic mass is 79.9. The summed E-state index contributed by atoms with van der Waals surface area (Å²) in [4.78, 5) is 0. The summed E-state index contributed by atoms with van der Waals surface area (Å²) in [6.07, 6.45) is 1.80. The van der Waals surface area contributed by atoms with E-state index in [1.165, 1.54) is 0 Å². The van der Waals surface area contributed by atoms with Gasteiger partial charge in [0.15, 0.2) is 0 Å². The van der Waals surface area contributed by atoms with Crippen LogP contribution in [0.2, 0.25) is 0 Å². The van der Waals surface area contributed by atoms with Crippen LogP contribution in [0.3, 0.4) is 0 Å². The molecule has 0 spiro atoms. The van der Waals surface area contributed by atoms with E-state index in [2.05, 4.69) is 29.8 Å². The SMILES string of the molecule is CCCC(CBr)(CCC)COCC(F)F. The van der Waals surface area contributed by atoms with E-state index < -0.39 is 13.0 Å². The summed E-state index contributed by atoms with van der Waals surface area (Å²) in [6, 6.07) is 0. The number of alkyl halides is 3. The monoisotopic (exact) mass is 286 g/mol. The molecule has 0 N–H and O–H groups in total. The smallest absolute Gasteiger partial charge is 0.261 e. The molecule has 0 aromatic carbocycles. The zero-order chi connectivity index (χ0) is 11.7. The molecule has 0 saturated carbocycles. The van der Waals surface area contributed by atoms with Gasteiger partial charge in [-0.25, -0.2) is 8.78 Å². The molecule has 0 radical (unpaired) electrons. The largest absolute Gasteiger partial charge is 0.375 e. The summed E-state index contributed by atoms with van der Waals surface area (Å²) in [7, 11) is 0. The molecule has 0 saturated heterocycles. The fourth-order valence-corrected chi connectivity index (χ4v) is 2.59. The Labute approximate surface area is 99.7 Å². The zero-order valence-electron chi connectivity index (χ0n) is 9.57. The number of hydrogen-bond donors (Lipinski definition) is 0. The number of ether oxygens (including phenoxy) is 1. The molecular weight excluding hydrogens is 266 g/mol. The van der Waals surface area contributed by atoms with Gasteiger partial charge in [-0.15, -0.1) is 0 Å². The van der Waals surface area contributed by atoms with Gasteiger partial charge in [-0.05, 0) is 12.8 Å². The van der Waals surface area contributed by atoms with Gasteiger partial charge in [0.05, 0.1) is 6.61 Å². The van der Waals surface area contributed by atoms with Gasteiger partial charge < -0.3 is 4.74 Å². The molecule has 0 atom stereocenters. The summed E-state index contributed by atoms with van der Waals surface area (Å²) in [5, 5.41) is 0.824. The van der Waals surface area contributed by atoms with Crippen LogP contribution >= 0.6 is 15.9 Å². The second-order valence-corrected chi connectivity index (χ2v) is 4.60. The van der Waals surface area contributed by atoms with Gasteiger partial charge in [0.2, 0.25) is 0 Å². The van der Waals surface area contributed by atoms with Crippen molar-refractivity contribution in [2.24, 2.45) is 5.41 Å². The highest BCUT2D eigenvalue weighted by Crippen LogP contribution is 2.32. The number of halogens is 3. The molecule has 0 aromatic rings. The van der Waals surface area contributed by atoms with Crippen molar-refractivity contribution in [3.8, 4) is 0 Å². The second-order valence-electron chi connectivity index (χ2n) is 4.04. The average molecular weight is 287 g/mol. The Morgan fingerprint density at radius 1 is 1.20 bits per heavy atom. The first-order valence-corrected chi connectivity index (χ1v) is 6.64. The van der Waals surface area contributed by atoms with Crippen LogP contribution in [0.25, 0.3) is 0 Å². The summed E-state index contributed by atoms with van der Waals surface area (Å²) in [6.45, 7) is 4.22. The van der Waals surface area contributed by atoms with Crippen LogP contribution in [0.15, 0.2) is 0 Å². The maximum absolute atomic E-state index is 11.9. The molecule has 0 aliphatic rings. The van der Waals surface area contributed by atoms with Crippen molar-refractivity contribution in [3.05, 3.63) is 0 Å². The van der Waals surface area contributed by atoms with Gasteiger partial charge in [0.25, 0.3) is 6.43 Å². The minimum Gasteiger partial charge on any atom is -0.375 e. The Balaban J connectivity index is 4.08. The summed E-state index contributed by atoms with van der Waals surface area (Å²) in [5.74, 6) is 0. The minimum absolute atomic E-state index is 0.0401. The average Bonchev–Trinajstić information content (AvgIpc) is 2.17. The molecule has 0 unspecified atom stereocenters. The lowest BCUT2D eigenvalue weighted by Crippen LogP contribution is -2.29. The van der Waals surface area contributed by atoms with Gasteiger partial charge in [-0.2, -0.15) is 0 Å².